The van der Waals surface area contributed by atoms with E-state index in [1.807, 2.05) is 20.8 Å². The van der Waals surface area contributed by atoms with Gasteiger partial charge in [0.05, 0.1) is 13.4 Å². The molecule has 0 aliphatic rings. The van der Waals surface area contributed by atoms with Gasteiger partial charge < -0.3 is 5.11 Å². The molecule has 0 aliphatic carbocycles. The average Bonchev–Trinajstić information content (AvgIpc) is 1.52. The first-order chi connectivity index (χ1) is 4.96. The lowest BCUT2D eigenvalue weighted by molar-refractivity contribution is 0.0545. The van der Waals surface area contributed by atoms with Crippen molar-refractivity contribution in [1.29, 1.82) is 0 Å². The number of hydrogen-bond acceptors (Lipinski definition) is 2. The molecule has 1 nitrogen and oxygen atoms in total. The minimum absolute atomic E-state index is 0.285. The van der Waals surface area contributed by atoms with Gasteiger partial charge in [-0.3, -0.25) is 0 Å². The Morgan fingerprint density at radius 1 is 1.17 bits per heavy atom. The van der Waals surface area contributed by atoms with E-state index in [2.05, 4.69) is 12.6 Å². The number of hydrogen-bond donors (Lipinski definition) is 2. The molecular weight excluding hydrogens is 167 g/mol. The smallest absolute Gasteiger partial charge is 0.0762 e. The molecule has 0 saturated heterocycles. The monoisotopic (exact) mass is 186 g/mol. The van der Waals surface area contributed by atoms with E-state index in [4.69, 9.17) is 7.85 Å². The first-order valence-electron chi connectivity index (χ1n) is 4.19. The Labute approximate surface area is 82.8 Å². The molecule has 0 spiro atoms. The summed E-state index contributed by atoms with van der Waals surface area (Å²) in [7, 11) is 6.04. The Balaban J connectivity index is 4.44. The zero-order valence-corrected chi connectivity index (χ0v) is 9.57. The van der Waals surface area contributed by atoms with E-state index in [1.54, 1.807) is 13.8 Å². The van der Waals surface area contributed by atoms with Crippen LogP contribution in [0.4, 0.5) is 0 Å². The van der Waals surface area contributed by atoms with Gasteiger partial charge >= 0.3 is 0 Å². The van der Waals surface area contributed by atoms with E-state index in [0.717, 1.165) is 0 Å². The minimum Gasteiger partial charge on any atom is -0.390 e. The quantitative estimate of drug-likeness (QED) is 0.511. The molecular formula is C9H19BOS. The van der Waals surface area contributed by atoms with Crippen LogP contribution in [0.25, 0.3) is 0 Å². The molecule has 1 atom stereocenters. The molecule has 3 heteroatoms. The fraction of sp³-hybridized carbons (Fsp3) is 1.00. The van der Waals surface area contributed by atoms with Gasteiger partial charge in [-0.1, -0.05) is 26.1 Å². The highest BCUT2D eigenvalue weighted by atomic mass is 32.1. The first kappa shape index (κ1) is 12.4. The van der Waals surface area contributed by atoms with Crippen LogP contribution in [0.15, 0.2) is 0 Å². The van der Waals surface area contributed by atoms with Crippen LogP contribution in [0, 0.1) is 0 Å². The van der Waals surface area contributed by atoms with Crippen LogP contribution in [0.3, 0.4) is 0 Å². The van der Waals surface area contributed by atoms with Crippen molar-refractivity contribution in [3.8, 4) is 0 Å². The van der Waals surface area contributed by atoms with Gasteiger partial charge in [0.25, 0.3) is 0 Å². The van der Waals surface area contributed by atoms with Crippen LogP contribution in [0.1, 0.15) is 41.0 Å². The van der Waals surface area contributed by atoms with E-state index in [1.165, 1.54) is 0 Å². The van der Waals surface area contributed by atoms with Gasteiger partial charge in [-0.15, -0.1) is 0 Å². The third kappa shape index (κ3) is 3.86. The Morgan fingerprint density at radius 2 is 1.50 bits per heavy atom. The third-order valence-corrected chi connectivity index (χ3v) is 2.71. The molecule has 2 radical (unpaired) electrons. The Kier molecular flexibility index (Phi) is 3.36. The summed E-state index contributed by atoms with van der Waals surface area (Å²) in [6.07, 6.45) is 0.538. The average molecular weight is 186 g/mol. The van der Waals surface area contributed by atoms with Gasteiger partial charge in [0.15, 0.2) is 0 Å². The molecule has 0 aromatic carbocycles. The molecule has 0 aromatic rings. The zero-order valence-electron chi connectivity index (χ0n) is 8.68. The standard InChI is InChI=1S/C9H19BOS/c1-7(2,11)6-9(5,10)8(3,4)12/h11-12H,6H2,1-5H3. The fourth-order valence-corrected chi connectivity index (χ4v) is 1.19. The molecule has 0 aliphatic heterocycles. The third-order valence-electron chi connectivity index (χ3n) is 2.20. The summed E-state index contributed by atoms with van der Waals surface area (Å²) in [6, 6.07) is 0. The highest BCUT2D eigenvalue weighted by Crippen LogP contribution is 2.45. The van der Waals surface area contributed by atoms with E-state index in [0.29, 0.717) is 6.42 Å². The van der Waals surface area contributed by atoms with Gasteiger partial charge in [-0.05, 0) is 20.3 Å². The van der Waals surface area contributed by atoms with Gasteiger partial charge in [0.1, 0.15) is 0 Å². The molecule has 0 heterocycles. The van der Waals surface area contributed by atoms with Crippen molar-refractivity contribution in [1.82, 2.24) is 0 Å². The maximum atomic E-state index is 9.60. The highest BCUT2D eigenvalue weighted by Gasteiger charge is 2.37. The highest BCUT2D eigenvalue weighted by molar-refractivity contribution is 7.82. The predicted molar refractivity (Wildman–Crippen MR) is 58.1 cm³/mol. The van der Waals surface area contributed by atoms with Gasteiger partial charge in [0, 0.05) is 4.75 Å². The van der Waals surface area contributed by atoms with Crippen LogP contribution < -0.4 is 0 Å². The zero-order chi connectivity index (χ0) is 10.2. The van der Waals surface area contributed by atoms with Crippen LogP contribution in [-0.2, 0) is 0 Å². The second-order valence-corrected chi connectivity index (χ2v) is 6.08. The lowest BCUT2D eigenvalue weighted by Gasteiger charge is -2.42. The van der Waals surface area contributed by atoms with Gasteiger partial charge in [-0.25, -0.2) is 0 Å². The fourth-order valence-electron chi connectivity index (χ4n) is 1.11. The van der Waals surface area contributed by atoms with Crippen LogP contribution in [0.2, 0.25) is 5.31 Å². The molecule has 70 valence electrons. The molecule has 0 rings (SSSR count). The topological polar surface area (TPSA) is 20.2 Å². The second kappa shape index (κ2) is 3.26. The Morgan fingerprint density at radius 3 is 1.58 bits per heavy atom. The van der Waals surface area contributed by atoms with Crippen molar-refractivity contribution >= 4 is 20.5 Å². The van der Waals surface area contributed by atoms with Crippen molar-refractivity contribution in [3.05, 3.63) is 0 Å². The molecule has 0 saturated carbocycles. The number of aliphatic hydroxyl groups is 1. The van der Waals surface area contributed by atoms with Crippen molar-refractivity contribution in [3.63, 3.8) is 0 Å². The predicted octanol–water partition coefficient (Wildman–Crippen LogP) is 2.20. The summed E-state index contributed by atoms with van der Waals surface area (Å²) in [5.41, 5.74) is -0.733. The molecule has 1 unspecified atom stereocenters. The molecule has 1 N–H and O–H groups in total. The molecule has 0 fully saturated rings. The van der Waals surface area contributed by atoms with Crippen molar-refractivity contribution in [2.45, 2.75) is 56.7 Å². The van der Waals surface area contributed by atoms with E-state index in [-0.39, 0.29) is 4.75 Å². The van der Waals surface area contributed by atoms with Crippen molar-refractivity contribution in [2.24, 2.45) is 0 Å². The summed E-state index contributed by atoms with van der Waals surface area (Å²) in [4.78, 5) is 0. The maximum Gasteiger partial charge on any atom is 0.0762 e. The van der Waals surface area contributed by atoms with Crippen molar-refractivity contribution in [2.75, 3.05) is 0 Å². The van der Waals surface area contributed by atoms with Crippen LogP contribution in [0.5, 0.6) is 0 Å². The van der Waals surface area contributed by atoms with E-state index >= 15 is 0 Å². The van der Waals surface area contributed by atoms with Crippen molar-refractivity contribution < 1.29 is 5.11 Å². The lowest BCUT2D eigenvalue weighted by Crippen LogP contribution is -2.37. The molecule has 12 heavy (non-hydrogen) atoms. The molecule has 0 amide bonds. The largest absolute Gasteiger partial charge is 0.390 e. The lowest BCUT2D eigenvalue weighted by atomic mass is 9.58. The molecule has 0 bridgehead atoms. The van der Waals surface area contributed by atoms with Crippen LogP contribution in [-0.4, -0.2) is 23.3 Å². The maximum absolute atomic E-state index is 9.60. The Bertz CT molecular complexity index is 153. The summed E-state index contributed by atoms with van der Waals surface area (Å²) >= 11 is 4.41. The van der Waals surface area contributed by atoms with Crippen LogP contribution >= 0.6 is 12.6 Å². The normalized spacial score (nSPS) is 18.9. The number of thiol groups is 1. The summed E-state index contributed by atoms with van der Waals surface area (Å²) < 4.78 is -0.285. The molecule has 0 aromatic heterocycles. The van der Waals surface area contributed by atoms with Gasteiger partial charge in [0.2, 0.25) is 0 Å². The van der Waals surface area contributed by atoms with E-state index < -0.39 is 10.9 Å². The minimum atomic E-state index is -0.733. The number of rotatable bonds is 3. The second-order valence-electron chi connectivity index (χ2n) is 4.97. The first-order valence-corrected chi connectivity index (χ1v) is 4.64. The summed E-state index contributed by atoms with van der Waals surface area (Å²) in [5.74, 6) is 0. The summed E-state index contributed by atoms with van der Waals surface area (Å²) in [6.45, 7) is 9.36. The SMILES string of the molecule is [B]C(C)(CC(C)(C)O)C(C)(C)S. The van der Waals surface area contributed by atoms with Gasteiger partial charge in [-0.2, -0.15) is 12.6 Å². The summed E-state index contributed by atoms with van der Waals surface area (Å²) in [5, 5.41) is 9.14. The van der Waals surface area contributed by atoms with E-state index in [9.17, 15) is 5.11 Å². The Hall–Kier alpha value is 0.375.